The first kappa shape index (κ1) is 12.8. The highest BCUT2D eigenvalue weighted by Gasteiger charge is 2.20. The van der Waals surface area contributed by atoms with Gasteiger partial charge in [-0.05, 0) is 20.8 Å². The van der Waals surface area contributed by atoms with Gasteiger partial charge < -0.3 is 9.26 Å². The number of hydrogen-bond acceptors (Lipinski definition) is 5. The van der Waals surface area contributed by atoms with E-state index in [1.54, 1.807) is 10.9 Å². The van der Waals surface area contributed by atoms with Crippen molar-refractivity contribution in [2.24, 2.45) is 7.05 Å². The second kappa shape index (κ2) is 5.30. The normalized spacial score (nSPS) is 14.7. The first-order valence-electron chi connectivity index (χ1n) is 6.05. The van der Waals surface area contributed by atoms with Crippen LogP contribution in [0.15, 0.2) is 16.9 Å². The Morgan fingerprint density at radius 1 is 1.44 bits per heavy atom. The van der Waals surface area contributed by atoms with Gasteiger partial charge in [-0.15, -0.1) is 0 Å². The highest BCUT2D eigenvalue weighted by Crippen LogP contribution is 2.23. The molecule has 2 atom stereocenters. The summed E-state index contributed by atoms with van der Waals surface area (Å²) in [4.78, 5) is 4.37. The molecule has 0 aliphatic heterocycles. The van der Waals surface area contributed by atoms with Crippen molar-refractivity contribution < 1.29 is 9.26 Å². The molecule has 98 valence electrons. The SMILES string of the molecule is CCOC(C)c1noc(C(C)c2cnn(C)c2)n1. The smallest absolute Gasteiger partial charge is 0.234 e. The average Bonchev–Trinajstić information content (AvgIpc) is 2.97. The van der Waals surface area contributed by atoms with Gasteiger partial charge in [-0.25, -0.2) is 0 Å². The molecule has 0 saturated heterocycles. The molecule has 2 aromatic heterocycles. The molecule has 0 aromatic carbocycles. The molecule has 6 nitrogen and oxygen atoms in total. The summed E-state index contributed by atoms with van der Waals surface area (Å²) in [6.45, 7) is 6.49. The predicted molar refractivity (Wildman–Crippen MR) is 65.1 cm³/mol. The molecule has 2 rings (SSSR count). The number of nitrogens with zero attached hydrogens (tertiary/aromatic N) is 4. The second-order valence-electron chi connectivity index (χ2n) is 4.26. The van der Waals surface area contributed by atoms with Gasteiger partial charge in [-0.3, -0.25) is 4.68 Å². The molecule has 0 amide bonds. The summed E-state index contributed by atoms with van der Waals surface area (Å²) in [6.07, 6.45) is 3.61. The standard InChI is InChI=1S/C12H18N4O2/c1-5-17-9(3)11-14-12(18-15-11)8(2)10-6-13-16(4)7-10/h6-9H,5H2,1-4H3. The van der Waals surface area contributed by atoms with Crippen LogP contribution in [0.25, 0.3) is 0 Å². The third-order valence-electron chi connectivity index (χ3n) is 2.83. The lowest BCUT2D eigenvalue weighted by Gasteiger charge is -2.05. The number of aryl methyl sites for hydroxylation is 1. The molecule has 0 radical (unpaired) electrons. The minimum absolute atomic E-state index is 0.0359. The van der Waals surface area contributed by atoms with Crippen molar-refractivity contribution in [2.45, 2.75) is 32.8 Å². The number of aromatic nitrogens is 4. The summed E-state index contributed by atoms with van der Waals surface area (Å²) in [5.41, 5.74) is 1.05. The molecule has 0 saturated carbocycles. The fraction of sp³-hybridized carbons (Fsp3) is 0.583. The van der Waals surface area contributed by atoms with Crippen molar-refractivity contribution in [1.82, 2.24) is 19.9 Å². The van der Waals surface area contributed by atoms with E-state index >= 15 is 0 Å². The van der Waals surface area contributed by atoms with Gasteiger partial charge in [0, 0.05) is 25.4 Å². The topological polar surface area (TPSA) is 66.0 Å². The Kier molecular flexibility index (Phi) is 3.76. The molecular weight excluding hydrogens is 232 g/mol. The fourth-order valence-corrected chi connectivity index (χ4v) is 1.72. The summed E-state index contributed by atoms with van der Waals surface area (Å²) >= 11 is 0. The maximum absolute atomic E-state index is 5.43. The highest BCUT2D eigenvalue weighted by molar-refractivity contribution is 5.17. The third-order valence-corrected chi connectivity index (χ3v) is 2.83. The molecule has 6 heteroatoms. The molecule has 0 spiro atoms. The number of rotatable bonds is 5. The monoisotopic (exact) mass is 250 g/mol. The zero-order chi connectivity index (χ0) is 13.1. The van der Waals surface area contributed by atoms with E-state index in [-0.39, 0.29) is 12.0 Å². The Bertz CT molecular complexity index is 506. The van der Waals surface area contributed by atoms with Crippen molar-refractivity contribution in [2.75, 3.05) is 6.61 Å². The van der Waals surface area contributed by atoms with Crippen molar-refractivity contribution in [3.63, 3.8) is 0 Å². The van der Waals surface area contributed by atoms with Crippen molar-refractivity contribution in [3.05, 3.63) is 29.7 Å². The van der Waals surface area contributed by atoms with Gasteiger partial charge >= 0.3 is 0 Å². The van der Waals surface area contributed by atoms with Crippen LogP contribution in [0.1, 0.15) is 50.1 Å². The van der Waals surface area contributed by atoms with Gasteiger partial charge in [-0.1, -0.05) is 5.16 Å². The first-order chi connectivity index (χ1) is 8.61. The van der Waals surface area contributed by atoms with E-state index in [0.29, 0.717) is 18.3 Å². The van der Waals surface area contributed by atoms with E-state index in [9.17, 15) is 0 Å². The minimum atomic E-state index is -0.145. The predicted octanol–water partition coefficient (Wildman–Crippen LogP) is 2.05. The van der Waals surface area contributed by atoms with Gasteiger partial charge in [0.05, 0.1) is 12.1 Å². The van der Waals surface area contributed by atoms with Crippen LogP contribution < -0.4 is 0 Å². The van der Waals surface area contributed by atoms with Crippen LogP contribution in [0.4, 0.5) is 0 Å². The van der Waals surface area contributed by atoms with Crippen molar-refractivity contribution >= 4 is 0 Å². The molecule has 0 bridgehead atoms. The molecule has 2 aromatic rings. The summed E-state index contributed by atoms with van der Waals surface area (Å²) in [6, 6.07) is 0. The quantitative estimate of drug-likeness (QED) is 0.812. The van der Waals surface area contributed by atoms with Gasteiger partial charge in [0.25, 0.3) is 0 Å². The summed E-state index contributed by atoms with van der Waals surface area (Å²) in [5, 5.41) is 8.09. The van der Waals surface area contributed by atoms with E-state index in [2.05, 4.69) is 15.2 Å². The van der Waals surface area contributed by atoms with Crippen LogP contribution >= 0.6 is 0 Å². The molecule has 18 heavy (non-hydrogen) atoms. The van der Waals surface area contributed by atoms with E-state index in [1.807, 2.05) is 34.0 Å². The molecule has 0 N–H and O–H groups in total. The Morgan fingerprint density at radius 2 is 2.22 bits per heavy atom. The van der Waals surface area contributed by atoms with Crippen LogP contribution in [-0.2, 0) is 11.8 Å². The Morgan fingerprint density at radius 3 is 2.83 bits per heavy atom. The van der Waals surface area contributed by atoms with Crippen LogP contribution in [0.5, 0.6) is 0 Å². The number of ether oxygens (including phenoxy) is 1. The van der Waals surface area contributed by atoms with E-state index in [1.165, 1.54) is 0 Å². The lowest BCUT2D eigenvalue weighted by molar-refractivity contribution is 0.0683. The van der Waals surface area contributed by atoms with Gasteiger partial charge in [0.2, 0.25) is 5.89 Å². The van der Waals surface area contributed by atoms with Crippen LogP contribution in [0.3, 0.4) is 0 Å². The maximum Gasteiger partial charge on any atom is 0.234 e. The fourth-order valence-electron chi connectivity index (χ4n) is 1.72. The zero-order valence-electron chi connectivity index (χ0n) is 11.1. The Labute approximate surface area is 106 Å². The number of hydrogen-bond donors (Lipinski definition) is 0. The van der Waals surface area contributed by atoms with E-state index in [0.717, 1.165) is 5.56 Å². The van der Waals surface area contributed by atoms with Gasteiger partial charge in [0.1, 0.15) is 6.10 Å². The minimum Gasteiger partial charge on any atom is -0.371 e. The molecule has 0 aliphatic rings. The van der Waals surface area contributed by atoms with Crippen LogP contribution in [-0.4, -0.2) is 26.5 Å². The zero-order valence-corrected chi connectivity index (χ0v) is 11.1. The average molecular weight is 250 g/mol. The van der Waals surface area contributed by atoms with Crippen molar-refractivity contribution in [3.8, 4) is 0 Å². The molecule has 2 unspecified atom stereocenters. The van der Waals surface area contributed by atoms with Crippen LogP contribution in [0, 0.1) is 0 Å². The molecular formula is C12H18N4O2. The third kappa shape index (κ3) is 2.59. The molecule has 2 heterocycles. The second-order valence-corrected chi connectivity index (χ2v) is 4.26. The Hall–Kier alpha value is -1.69. The van der Waals surface area contributed by atoms with E-state index < -0.39 is 0 Å². The van der Waals surface area contributed by atoms with Gasteiger partial charge in [-0.2, -0.15) is 10.1 Å². The lowest BCUT2D eigenvalue weighted by Crippen LogP contribution is -2.02. The summed E-state index contributed by atoms with van der Waals surface area (Å²) in [7, 11) is 1.88. The maximum atomic E-state index is 5.43. The molecule has 0 fully saturated rings. The lowest BCUT2D eigenvalue weighted by atomic mass is 10.1. The van der Waals surface area contributed by atoms with Crippen molar-refractivity contribution in [1.29, 1.82) is 0 Å². The largest absolute Gasteiger partial charge is 0.371 e. The van der Waals surface area contributed by atoms with Crippen LogP contribution in [0.2, 0.25) is 0 Å². The first-order valence-corrected chi connectivity index (χ1v) is 6.05. The Balaban J connectivity index is 2.14. The summed E-state index contributed by atoms with van der Waals surface area (Å²) < 4.78 is 12.5. The highest BCUT2D eigenvalue weighted by atomic mass is 16.5. The van der Waals surface area contributed by atoms with Gasteiger partial charge in [0.15, 0.2) is 5.82 Å². The van der Waals surface area contributed by atoms with E-state index in [4.69, 9.17) is 9.26 Å². The summed E-state index contributed by atoms with van der Waals surface area (Å²) in [5.74, 6) is 1.21. The molecule has 0 aliphatic carbocycles.